The van der Waals surface area contributed by atoms with E-state index in [2.05, 4.69) is 15.1 Å². The number of likely N-dealkylation sites (tertiary alicyclic amines) is 1. The quantitative estimate of drug-likeness (QED) is 0.666. The molecule has 0 aromatic carbocycles. The lowest BCUT2D eigenvalue weighted by Gasteiger charge is -2.36. The predicted molar refractivity (Wildman–Crippen MR) is 108 cm³/mol. The van der Waals surface area contributed by atoms with Crippen molar-refractivity contribution in [2.75, 3.05) is 6.54 Å². The topological polar surface area (TPSA) is 85.0 Å². The third-order valence-corrected chi connectivity index (χ3v) is 5.49. The summed E-state index contributed by atoms with van der Waals surface area (Å²) in [7, 11) is 0. The first-order valence-corrected chi connectivity index (χ1v) is 10.1. The molecule has 0 N–H and O–H groups in total. The van der Waals surface area contributed by atoms with Gasteiger partial charge in [0.25, 0.3) is 5.91 Å². The summed E-state index contributed by atoms with van der Waals surface area (Å²) in [5, 5.41) is 4.07. The SMILES string of the molecule is CCc1noc(C)c1C(=O)N1CCCC[C@H]1c1nc(C)ncc1-c1ccncc1. The van der Waals surface area contributed by atoms with Crippen LogP contribution in [0.3, 0.4) is 0 Å². The average molecular weight is 391 g/mol. The molecule has 1 atom stereocenters. The number of hydrogen-bond donors (Lipinski definition) is 0. The maximum Gasteiger partial charge on any atom is 0.259 e. The number of piperidine rings is 1. The third-order valence-electron chi connectivity index (χ3n) is 5.49. The second-order valence-electron chi connectivity index (χ2n) is 7.38. The van der Waals surface area contributed by atoms with Gasteiger partial charge in [-0.2, -0.15) is 0 Å². The van der Waals surface area contributed by atoms with E-state index in [9.17, 15) is 4.79 Å². The highest BCUT2D eigenvalue weighted by atomic mass is 16.5. The molecule has 0 aliphatic carbocycles. The summed E-state index contributed by atoms with van der Waals surface area (Å²) in [4.78, 5) is 28.8. The van der Waals surface area contributed by atoms with E-state index in [-0.39, 0.29) is 11.9 Å². The summed E-state index contributed by atoms with van der Waals surface area (Å²) in [6, 6.07) is 3.79. The fourth-order valence-corrected chi connectivity index (χ4v) is 4.03. The number of hydrogen-bond acceptors (Lipinski definition) is 6. The van der Waals surface area contributed by atoms with Crippen LogP contribution in [0, 0.1) is 13.8 Å². The van der Waals surface area contributed by atoms with Crippen molar-refractivity contribution in [1.29, 1.82) is 0 Å². The van der Waals surface area contributed by atoms with Gasteiger partial charge in [-0.15, -0.1) is 0 Å². The van der Waals surface area contributed by atoms with Crippen molar-refractivity contribution in [1.82, 2.24) is 25.0 Å². The zero-order valence-corrected chi connectivity index (χ0v) is 17.1. The molecule has 3 aromatic rings. The summed E-state index contributed by atoms with van der Waals surface area (Å²) < 4.78 is 5.32. The van der Waals surface area contributed by atoms with E-state index in [1.165, 1.54) is 0 Å². The molecule has 0 unspecified atom stereocenters. The van der Waals surface area contributed by atoms with Crippen LogP contribution in [0.25, 0.3) is 11.1 Å². The Bertz CT molecular complexity index is 1020. The number of carbonyl (C=O) groups excluding carboxylic acids is 1. The standard InChI is InChI=1S/C22H25N5O2/c1-4-18-20(14(2)29-26-18)22(28)27-12-6-5-7-19(27)21-17(13-24-15(3)25-21)16-8-10-23-11-9-16/h8-11,13,19H,4-7,12H2,1-3H3/t19-/m0/s1. The smallest absolute Gasteiger partial charge is 0.259 e. The first-order valence-electron chi connectivity index (χ1n) is 10.1. The highest BCUT2D eigenvalue weighted by Crippen LogP contribution is 2.37. The van der Waals surface area contributed by atoms with Crippen LogP contribution >= 0.6 is 0 Å². The van der Waals surface area contributed by atoms with Crippen LogP contribution in [-0.4, -0.2) is 37.5 Å². The molecule has 1 aliphatic heterocycles. The Kier molecular flexibility index (Phi) is 5.38. The summed E-state index contributed by atoms with van der Waals surface area (Å²) in [5.74, 6) is 1.25. The van der Waals surface area contributed by atoms with Gasteiger partial charge in [0.1, 0.15) is 17.1 Å². The fraction of sp³-hybridized carbons (Fsp3) is 0.409. The van der Waals surface area contributed by atoms with Gasteiger partial charge in [-0.1, -0.05) is 12.1 Å². The summed E-state index contributed by atoms with van der Waals surface area (Å²) in [5.41, 5.74) is 4.15. The van der Waals surface area contributed by atoms with E-state index in [0.717, 1.165) is 36.1 Å². The molecule has 0 saturated carbocycles. The number of rotatable bonds is 4. The molecule has 1 saturated heterocycles. The monoisotopic (exact) mass is 391 g/mol. The maximum absolute atomic E-state index is 13.6. The van der Waals surface area contributed by atoms with Crippen LogP contribution in [-0.2, 0) is 6.42 Å². The first-order chi connectivity index (χ1) is 14.1. The Hall–Kier alpha value is -3.09. The van der Waals surface area contributed by atoms with Gasteiger partial charge in [0, 0.05) is 30.7 Å². The Morgan fingerprint density at radius 2 is 2.03 bits per heavy atom. The van der Waals surface area contributed by atoms with Crippen LogP contribution in [0.1, 0.15) is 65.6 Å². The molecule has 1 amide bonds. The molecule has 0 bridgehead atoms. The molecular formula is C22H25N5O2. The van der Waals surface area contributed by atoms with Gasteiger partial charge in [-0.3, -0.25) is 9.78 Å². The zero-order valence-electron chi connectivity index (χ0n) is 17.1. The minimum absolute atomic E-state index is 0.0257. The molecule has 7 nitrogen and oxygen atoms in total. The summed E-state index contributed by atoms with van der Waals surface area (Å²) in [6.07, 6.45) is 8.93. The number of aromatic nitrogens is 4. The van der Waals surface area contributed by atoms with Crippen molar-refractivity contribution in [3.63, 3.8) is 0 Å². The Morgan fingerprint density at radius 3 is 2.79 bits per heavy atom. The van der Waals surface area contributed by atoms with Crippen LogP contribution < -0.4 is 0 Å². The number of amides is 1. The molecule has 29 heavy (non-hydrogen) atoms. The van der Waals surface area contributed by atoms with E-state index < -0.39 is 0 Å². The second-order valence-corrected chi connectivity index (χ2v) is 7.38. The van der Waals surface area contributed by atoms with Gasteiger partial charge in [-0.25, -0.2) is 9.97 Å². The number of aryl methyl sites for hydroxylation is 3. The minimum atomic E-state index is -0.111. The zero-order chi connectivity index (χ0) is 20.4. The van der Waals surface area contributed by atoms with Crippen molar-refractivity contribution in [3.8, 4) is 11.1 Å². The van der Waals surface area contributed by atoms with Crippen LogP contribution in [0.2, 0.25) is 0 Å². The van der Waals surface area contributed by atoms with Gasteiger partial charge < -0.3 is 9.42 Å². The Labute approximate surface area is 170 Å². The molecule has 0 spiro atoms. The van der Waals surface area contributed by atoms with Crippen molar-refractivity contribution in [2.45, 2.75) is 52.5 Å². The van der Waals surface area contributed by atoms with Gasteiger partial charge in [0.15, 0.2) is 0 Å². The fourth-order valence-electron chi connectivity index (χ4n) is 4.03. The largest absolute Gasteiger partial charge is 0.361 e. The third kappa shape index (κ3) is 3.64. The Morgan fingerprint density at radius 1 is 1.24 bits per heavy atom. The lowest BCUT2D eigenvalue weighted by molar-refractivity contribution is 0.0603. The van der Waals surface area contributed by atoms with Gasteiger partial charge in [0.05, 0.1) is 17.4 Å². The van der Waals surface area contributed by atoms with Crippen molar-refractivity contribution in [2.24, 2.45) is 0 Å². The molecule has 150 valence electrons. The van der Waals surface area contributed by atoms with E-state index in [0.29, 0.717) is 35.8 Å². The summed E-state index contributed by atoms with van der Waals surface area (Å²) >= 11 is 0. The molecule has 4 rings (SSSR count). The number of carbonyl (C=O) groups is 1. The van der Waals surface area contributed by atoms with Crippen molar-refractivity contribution >= 4 is 5.91 Å². The minimum Gasteiger partial charge on any atom is -0.361 e. The van der Waals surface area contributed by atoms with Gasteiger partial charge in [-0.05, 0) is 57.2 Å². The molecule has 4 heterocycles. The van der Waals surface area contributed by atoms with E-state index in [4.69, 9.17) is 9.51 Å². The highest BCUT2D eigenvalue weighted by Gasteiger charge is 2.34. The molecule has 1 aliphatic rings. The van der Waals surface area contributed by atoms with Crippen LogP contribution in [0.4, 0.5) is 0 Å². The highest BCUT2D eigenvalue weighted by molar-refractivity contribution is 5.96. The number of nitrogens with zero attached hydrogens (tertiary/aromatic N) is 5. The first kappa shape index (κ1) is 19.2. The van der Waals surface area contributed by atoms with Gasteiger partial charge >= 0.3 is 0 Å². The second kappa shape index (κ2) is 8.11. The molecule has 7 heteroatoms. The van der Waals surface area contributed by atoms with E-state index in [1.807, 2.05) is 37.1 Å². The normalized spacial score (nSPS) is 16.8. The summed E-state index contributed by atoms with van der Waals surface area (Å²) in [6.45, 7) is 6.36. The molecule has 0 radical (unpaired) electrons. The molecule has 3 aromatic heterocycles. The Balaban J connectivity index is 1.78. The molecule has 1 fully saturated rings. The maximum atomic E-state index is 13.6. The van der Waals surface area contributed by atoms with E-state index in [1.54, 1.807) is 19.3 Å². The number of pyridine rings is 1. The lowest BCUT2D eigenvalue weighted by atomic mass is 9.93. The predicted octanol–water partition coefficient (Wildman–Crippen LogP) is 4.07. The average Bonchev–Trinajstić information content (AvgIpc) is 3.14. The van der Waals surface area contributed by atoms with Gasteiger partial charge in [0.2, 0.25) is 0 Å². The van der Waals surface area contributed by atoms with Crippen molar-refractivity contribution < 1.29 is 9.32 Å². The lowest BCUT2D eigenvalue weighted by Crippen LogP contribution is -2.39. The van der Waals surface area contributed by atoms with Crippen LogP contribution in [0.15, 0.2) is 35.2 Å². The van der Waals surface area contributed by atoms with Crippen molar-refractivity contribution in [3.05, 3.63) is 59.3 Å². The molecular weight excluding hydrogens is 366 g/mol. The van der Waals surface area contributed by atoms with Crippen LogP contribution in [0.5, 0.6) is 0 Å². The van der Waals surface area contributed by atoms with E-state index >= 15 is 0 Å².